The van der Waals surface area contributed by atoms with Crippen LogP contribution < -0.4 is 10.6 Å². The van der Waals surface area contributed by atoms with Gasteiger partial charge in [0, 0.05) is 43.4 Å². The Hall–Kier alpha value is -2.41. The number of fused-ring (bicyclic) bond motifs is 1. The normalized spacial score (nSPS) is 18.0. The molecule has 2 amide bonds. The number of pyridine rings is 1. The lowest BCUT2D eigenvalue weighted by Crippen LogP contribution is -2.34. The Kier molecular flexibility index (Phi) is 5.10. The van der Waals surface area contributed by atoms with Crippen LogP contribution in [0.25, 0.3) is 10.9 Å². The zero-order chi connectivity index (χ0) is 16.9. The Balaban J connectivity index is 1.43. The van der Waals surface area contributed by atoms with Gasteiger partial charge in [-0.1, -0.05) is 0 Å². The first-order valence-electron chi connectivity index (χ1n) is 8.29. The molecule has 0 aromatic carbocycles. The van der Waals surface area contributed by atoms with E-state index in [9.17, 15) is 9.59 Å². The molecule has 3 rings (SSSR count). The molecule has 1 unspecified atom stereocenters. The van der Waals surface area contributed by atoms with Crippen LogP contribution in [0.3, 0.4) is 0 Å². The highest BCUT2D eigenvalue weighted by molar-refractivity contribution is 5.97. The number of hydrogen-bond donors (Lipinski definition) is 3. The topological polar surface area (TPSA) is 90.1 Å². The number of aromatic nitrogens is 2. The first kappa shape index (κ1) is 16.4. The van der Waals surface area contributed by atoms with Gasteiger partial charge in [0.1, 0.15) is 5.69 Å². The number of nitrogens with zero attached hydrogens (tertiary/aromatic N) is 2. The van der Waals surface area contributed by atoms with E-state index in [-0.39, 0.29) is 11.8 Å². The molecule has 7 nitrogen and oxygen atoms in total. The highest BCUT2D eigenvalue weighted by atomic mass is 16.2. The Morgan fingerprint density at radius 2 is 2.33 bits per heavy atom. The van der Waals surface area contributed by atoms with Gasteiger partial charge in [0.25, 0.3) is 5.91 Å². The minimum Gasteiger partial charge on any atom is -0.358 e. The average Bonchev–Trinajstić information content (AvgIpc) is 3.21. The third-order valence-electron chi connectivity index (χ3n) is 4.52. The van der Waals surface area contributed by atoms with Crippen LogP contribution in [0.2, 0.25) is 0 Å². The van der Waals surface area contributed by atoms with Crippen molar-refractivity contribution in [1.82, 2.24) is 25.5 Å². The number of aromatic amines is 1. The van der Waals surface area contributed by atoms with Gasteiger partial charge in [-0.25, -0.2) is 0 Å². The SMILES string of the molecule is CNC(=O)CN1CCC(CCNC(=O)c2cc3cnccc3[nH]2)C1. The second-order valence-electron chi connectivity index (χ2n) is 6.25. The number of rotatable bonds is 6. The molecule has 3 heterocycles. The summed E-state index contributed by atoms with van der Waals surface area (Å²) in [4.78, 5) is 32.9. The molecule has 0 radical (unpaired) electrons. The monoisotopic (exact) mass is 329 g/mol. The summed E-state index contributed by atoms with van der Waals surface area (Å²) in [5.41, 5.74) is 1.47. The summed E-state index contributed by atoms with van der Waals surface area (Å²) in [7, 11) is 1.66. The number of amides is 2. The van der Waals surface area contributed by atoms with Crippen molar-refractivity contribution in [3.63, 3.8) is 0 Å². The van der Waals surface area contributed by atoms with E-state index in [0.29, 0.717) is 24.7 Å². The predicted octanol–water partition coefficient (Wildman–Crippen LogP) is 0.751. The quantitative estimate of drug-likeness (QED) is 0.729. The van der Waals surface area contributed by atoms with Crippen molar-refractivity contribution < 1.29 is 9.59 Å². The van der Waals surface area contributed by atoms with E-state index < -0.39 is 0 Å². The highest BCUT2D eigenvalue weighted by Gasteiger charge is 2.23. The number of carbonyl (C=O) groups is 2. The molecule has 3 N–H and O–H groups in total. The first-order chi connectivity index (χ1) is 11.7. The zero-order valence-electron chi connectivity index (χ0n) is 13.8. The van der Waals surface area contributed by atoms with Crippen LogP contribution in [-0.2, 0) is 4.79 Å². The minimum absolute atomic E-state index is 0.0530. The van der Waals surface area contributed by atoms with Crippen molar-refractivity contribution in [2.75, 3.05) is 33.2 Å². The average molecular weight is 329 g/mol. The molecular weight excluding hydrogens is 306 g/mol. The summed E-state index contributed by atoms with van der Waals surface area (Å²) in [5.74, 6) is 0.491. The summed E-state index contributed by atoms with van der Waals surface area (Å²) >= 11 is 0. The molecule has 1 aliphatic heterocycles. The van der Waals surface area contributed by atoms with Crippen LogP contribution in [0.15, 0.2) is 24.5 Å². The van der Waals surface area contributed by atoms with Gasteiger partial charge in [0.05, 0.1) is 6.54 Å². The van der Waals surface area contributed by atoms with Crippen molar-refractivity contribution >= 4 is 22.7 Å². The number of likely N-dealkylation sites (N-methyl/N-ethyl adjacent to an activating group) is 1. The van der Waals surface area contributed by atoms with Crippen LogP contribution in [0, 0.1) is 5.92 Å². The Labute approximate surface area is 140 Å². The molecule has 128 valence electrons. The third kappa shape index (κ3) is 3.91. The largest absolute Gasteiger partial charge is 0.358 e. The molecule has 7 heteroatoms. The van der Waals surface area contributed by atoms with Gasteiger partial charge in [-0.05, 0) is 37.4 Å². The van der Waals surface area contributed by atoms with Crippen LogP contribution in [0.1, 0.15) is 23.3 Å². The second-order valence-corrected chi connectivity index (χ2v) is 6.25. The maximum absolute atomic E-state index is 12.2. The van der Waals surface area contributed by atoms with Crippen molar-refractivity contribution in [3.8, 4) is 0 Å². The standard InChI is InChI=1S/C17H23N5O2/c1-18-16(23)11-22-7-4-12(10-22)2-6-20-17(24)15-8-13-9-19-5-3-14(13)21-15/h3,5,8-9,12,21H,2,4,6-7,10-11H2,1H3,(H,18,23)(H,20,24). The maximum atomic E-state index is 12.2. The molecule has 1 atom stereocenters. The van der Waals surface area contributed by atoms with Gasteiger partial charge < -0.3 is 15.6 Å². The summed E-state index contributed by atoms with van der Waals surface area (Å²) in [6.07, 6.45) is 5.44. The number of H-pyrrole nitrogens is 1. The van der Waals surface area contributed by atoms with Gasteiger partial charge >= 0.3 is 0 Å². The van der Waals surface area contributed by atoms with Gasteiger partial charge in [-0.2, -0.15) is 0 Å². The molecular formula is C17H23N5O2. The first-order valence-corrected chi connectivity index (χ1v) is 8.29. The second kappa shape index (κ2) is 7.44. The molecule has 0 aliphatic carbocycles. The number of likely N-dealkylation sites (tertiary alicyclic amines) is 1. The lowest BCUT2D eigenvalue weighted by atomic mass is 10.1. The summed E-state index contributed by atoms with van der Waals surface area (Å²) in [6.45, 7) is 2.97. The molecule has 2 aromatic rings. The smallest absolute Gasteiger partial charge is 0.267 e. The fourth-order valence-electron chi connectivity index (χ4n) is 3.15. The van der Waals surface area contributed by atoms with Gasteiger partial charge in [-0.15, -0.1) is 0 Å². The molecule has 0 bridgehead atoms. The minimum atomic E-state index is -0.0913. The summed E-state index contributed by atoms with van der Waals surface area (Å²) in [5, 5.41) is 6.55. The van der Waals surface area contributed by atoms with Gasteiger partial charge in [-0.3, -0.25) is 19.5 Å². The lowest BCUT2D eigenvalue weighted by molar-refractivity contribution is -0.121. The van der Waals surface area contributed by atoms with Crippen LogP contribution in [0.4, 0.5) is 0 Å². The Morgan fingerprint density at radius 3 is 3.12 bits per heavy atom. The third-order valence-corrected chi connectivity index (χ3v) is 4.52. The van der Waals surface area contributed by atoms with E-state index in [2.05, 4.69) is 25.5 Å². The van der Waals surface area contributed by atoms with Crippen molar-refractivity contribution in [2.24, 2.45) is 5.92 Å². The molecule has 1 aliphatic rings. The van der Waals surface area contributed by atoms with E-state index in [4.69, 9.17) is 0 Å². The fraction of sp³-hybridized carbons (Fsp3) is 0.471. The van der Waals surface area contributed by atoms with Crippen molar-refractivity contribution in [1.29, 1.82) is 0 Å². The number of carbonyl (C=O) groups excluding carboxylic acids is 2. The number of nitrogens with one attached hydrogen (secondary N) is 3. The van der Waals surface area contributed by atoms with E-state index in [1.54, 1.807) is 19.4 Å². The zero-order valence-corrected chi connectivity index (χ0v) is 13.8. The van der Waals surface area contributed by atoms with Crippen LogP contribution >= 0.6 is 0 Å². The van der Waals surface area contributed by atoms with Gasteiger partial charge in [0.2, 0.25) is 5.91 Å². The van der Waals surface area contributed by atoms with E-state index in [0.717, 1.165) is 36.8 Å². The molecule has 0 saturated carbocycles. The van der Waals surface area contributed by atoms with Crippen molar-refractivity contribution in [2.45, 2.75) is 12.8 Å². The molecule has 24 heavy (non-hydrogen) atoms. The summed E-state index contributed by atoms with van der Waals surface area (Å²) < 4.78 is 0. The maximum Gasteiger partial charge on any atom is 0.267 e. The van der Waals surface area contributed by atoms with Gasteiger partial charge in [0.15, 0.2) is 0 Å². The predicted molar refractivity (Wildman–Crippen MR) is 91.7 cm³/mol. The highest BCUT2D eigenvalue weighted by Crippen LogP contribution is 2.19. The van der Waals surface area contributed by atoms with E-state index in [1.807, 2.05) is 12.1 Å². The molecule has 1 fully saturated rings. The Bertz CT molecular complexity index is 694. The summed E-state index contributed by atoms with van der Waals surface area (Å²) in [6, 6.07) is 3.67. The molecule has 2 aromatic heterocycles. The van der Waals surface area contributed by atoms with E-state index >= 15 is 0 Å². The molecule has 0 spiro atoms. The van der Waals surface area contributed by atoms with Crippen molar-refractivity contribution in [3.05, 3.63) is 30.2 Å². The molecule has 1 saturated heterocycles. The Morgan fingerprint density at radius 1 is 1.46 bits per heavy atom. The fourth-order valence-corrected chi connectivity index (χ4v) is 3.15. The van der Waals surface area contributed by atoms with Crippen LogP contribution in [0.5, 0.6) is 0 Å². The van der Waals surface area contributed by atoms with E-state index in [1.165, 1.54) is 0 Å². The lowest BCUT2D eigenvalue weighted by Gasteiger charge is -2.14. The number of hydrogen-bond acceptors (Lipinski definition) is 4. The van der Waals surface area contributed by atoms with Crippen LogP contribution in [-0.4, -0.2) is 59.9 Å².